The van der Waals surface area contributed by atoms with E-state index in [-0.39, 0.29) is 0 Å². The number of hydrogen-bond acceptors (Lipinski definition) is 2. The SMILES string of the molecule is C=CC1CCC([Si](C)(C)O[Si](C)(C)O[Si](C)(C)C)CC1C=C. The zero-order valence-electron chi connectivity index (χ0n) is 15.7. The highest BCUT2D eigenvalue weighted by molar-refractivity contribution is 6.87. The van der Waals surface area contributed by atoms with Crippen molar-refractivity contribution in [3.63, 3.8) is 0 Å². The first-order valence-corrected chi connectivity index (χ1v) is 17.8. The Morgan fingerprint density at radius 2 is 1.36 bits per heavy atom. The van der Waals surface area contributed by atoms with Gasteiger partial charge in [-0.3, -0.25) is 0 Å². The Kier molecular flexibility index (Phi) is 6.67. The highest BCUT2D eigenvalue weighted by Crippen LogP contribution is 2.44. The van der Waals surface area contributed by atoms with E-state index in [0.29, 0.717) is 17.4 Å². The molecule has 5 heteroatoms. The van der Waals surface area contributed by atoms with Crippen molar-refractivity contribution < 1.29 is 8.23 Å². The smallest absolute Gasteiger partial charge is 0.311 e. The van der Waals surface area contributed by atoms with Crippen LogP contribution >= 0.6 is 0 Å². The van der Waals surface area contributed by atoms with Gasteiger partial charge in [0.25, 0.3) is 0 Å². The molecular formula is C17H36O2Si3. The Morgan fingerprint density at radius 3 is 1.82 bits per heavy atom. The normalized spacial score (nSPS) is 27.5. The quantitative estimate of drug-likeness (QED) is 0.416. The third-order valence-corrected chi connectivity index (χ3v) is 15.6. The zero-order chi connectivity index (χ0) is 17.2. The molecule has 0 aromatic heterocycles. The van der Waals surface area contributed by atoms with Gasteiger partial charge in [-0.15, -0.1) is 13.2 Å². The van der Waals surface area contributed by atoms with E-state index < -0.39 is 25.2 Å². The molecule has 0 heterocycles. The van der Waals surface area contributed by atoms with E-state index in [1.165, 1.54) is 19.3 Å². The molecule has 128 valence electrons. The van der Waals surface area contributed by atoms with Gasteiger partial charge >= 0.3 is 8.56 Å². The van der Waals surface area contributed by atoms with E-state index in [0.717, 1.165) is 0 Å². The molecule has 0 amide bonds. The Morgan fingerprint density at radius 1 is 0.818 bits per heavy atom. The molecule has 22 heavy (non-hydrogen) atoms. The number of rotatable bonds is 7. The minimum Gasteiger partial charge on any atom is -0.437 e. The molecule has 1 fully saturated rings. The van der Waals surface area contributed by atoms with Crippen LogP contribution in [0, 0.1) is 11.8 Å². The summed E-state index contributed by atoms with van der Waals surface area (Å²) in [5.74, 6) is 1.16. The van der Waals surface area contributed by atoms with Crippen molar-refractivity contribution in [1.82, 2.24) is 0 Å². The molecule has 0 aromatic carbocycles. The van der Waals surface area contributed by atoms with Gasteiger partial charge in [0.15, 0.2) is 16.6 Å². The summed E-state index contributed by atoms with van der Waals surface area (Å²) in [7, 11) is -5.35. The maximum absolute atomic E-state index is 6.73. The molecule has 2 nitrogen and oxygen atoms in total. The molecule has 1 aliphatic rings. The molecule has 1 rings (SSSR count). The average molecular weight is 357 g/mol. The Bertz CT molecular complexity index is 399. The number of hydrogen-bond donors (Lipinski definition) is 0. The van der Waals surface area contributed by atoms with E-state index in [1.807, 2.05) is 0 Å². The zero-order valence-corrected chi connectivity index (χ0v) is 18.7. The van der Waals surface area contributed by atoms with Crippen LogP contribution in [0.5, 0.6) is 0 Å². The minimum atomic E-state index is -2.04. The highest BCUT2D eigenvalue weighted by Gasteiger charge is 2.44. The van der Waals surface area contributed by atoms with Gasteiger partial charge in [-0.1, -0.05) is 18.6 Å². The summed E-state index contributed by atoms with van der Waals surface area (Å²) in [6.07, 6.45) is 7.94. The van der Waals surface area contributed by atoms with E-state index in [9.17, 15) is 0 Å². The molecule has 0 spiro atoms. The van der Waals surface area contributed by atoms with Gasteiger partial charge in [0, 0.05) is 0 Å². The first-order chi connectivity index (χ1) is 9.90. The van der Waals surface area contributed by atoms with Gasteiger partial charge in [0.05, 0.1) is 0 Å². The third kappa shape index (κ3) is 5.92. The van der Waals surface area contributed by atoms with Crippen molar-refractivity contribution in [1.29, 1.82) is 0 Å². The van der Waals surface area contributed by atoms with Crippen molar-refractivity contribution >= 4 is 25.2 Å². The summed E-state index contributed by atoms with van der Waals surface area (Å²) in [5, 5.41) is 0. The van der Waals surface area contributed by atoms with Gasteiger partial charge in [-0.25, -0.2) is 0 Å². The summed E-state index contributed by atoms with van der Waals surface area (Å²) >= 11 is 0. The molecule has 3 unspecified atom stereocenters. The van der Waals surface area contributed by atoms with Crippen LogP contribution in [0.2, 0.25) is 51.4 Å². The van der Waals surface area contributed by atoms with Crippen molar-refractivity contribution in [2.24, 2.45) is 11.8 Å². The summed E-state index contributed by atoms with van der Waals surface area (Å²) in [4.78, 5) is 0. The molecule has 1 saturated carbocycles. The van der Waals surface area contributed by atoms with Crippen LogP contribution in [0.15, 0.2) is 25.3 Å². The maximum Gasteiger partial charge on any atom is 0.311 e. The fourth-order valence-corrected chi connectivity index (χ4v) is 17.8. The number of allylic oxidation sites excluding steroid dienone is 2. The lowest BCUT2D eigenvalue weighted by atomic mass is 9.79. The third-order valence-electron chi connectivity index (χ3n) is 4.60. The van der Waals surface area contributed by atoms with Gasteiger partial charge in [0.1, 0.15) is 0 Å². The average Bonchev–Trinajstić information content (AvgIpc) is 2.33. The first kappa shape index (κ1) is 20.1. The van der Waals surface area contributed by atoms with Crippen molar-refractivity contribution in [2.75, 3.05) is 0 Å². The predicted molar refractivity (Wildman–Crippen MR) is 105 cm³/mol. The first-order valence-electron chi connectivity index (χ1n) is 8.55. The molecule has 0 aliphatic heterocycles. The van der Waals surface area contributed by atoms with E-state index >= 15 is 0 Å². The fraction of sp³-hybridized carbons (Fsp3) is 0.765. The highest BCUT2D eigenvalue weighted by atomic mass is 28.5. The van der Waals surface area contributed by atoms with Gasteiger partial charge in [-0.05, 0) is 76.0 Å². The second kappa shape index (κ2) is 7.30. The fourth-order valence-electron chi connectivity index (χ4n) is 3.90. The van der Waals surface area contributed by atoms with Crippen LogP contribution in [-0.2, 0) is 8.23 Å². The monoisotopic (exact) mass is 356 g/mol. The van der Waals surface area contributed by atoms with Crippen LogP contribution < -0.4 is 0 Å². The van der Waals surface area contributed by atoms with Crippen LogP contribution in [0.4, 0.5) is 0 Å². The molecule has 1 aliphatic carbocycles. The van der Waals surface area contributed by atoms with Gasteiger partial charge < -0.3 is 8.23 Å². The van der Waals surface area contributed by atoms with Crippen LogP contribution in [0.3, 0.4) is 0 Å². The summed E-state index contributed by atoms with van der Waals surface area (Å²) < 4.78 is 13.1. The van der Waals surface area contributed by atoms with Crippen molar-refractivity contribution in [2.45, 2.75) is 70.6 Å². The molecule has 0 radical (unpaired) electrons. The summed E-state index contributed by atoms with van der Waals surface area (Å²) in [6, 6.07) is 0. The topological polar surface area (TPSA) is 18.5 Å². The second-order valence-corrected chi connectivity index (χ2v) is 21.3. The van der Waals surface area contributed by atoms with Crippen LogP contribution in [-0.4, -0.2) is 25.2 Å². The van der Waals surface area contributed by atoms with Crippen molar-refractivity contribution in [3.8, 4) is 0 Å². The van der Waals surface area contributed by atoms with Crippen molar-refractivity contribution in [3.05, 3.63) is 25.3 Å². The Hall–Kier alpha value is 0.0506. The molecule has 0 aromatic rings. The van der Waals surface area contributed by atoms with Crippen LogP contribution in [0.1, 0.15) is 19.3 Å². The van der Waals surface area contributed by atoms with E-state index in [1.54, 1.807) is 0 Å². The van der Waals surface area contributed by atoms with E-state index in [2.05, 4.69) is 71.1 Å². The molecule has 3 atom stereocenters. The summed E-state index contributed by atoms with van der Waals surface area (Å²) in [6.45, 7) is 24.0. The van der Waals surface area contributed by atoms with Gasteiger partial charge in [-0.2, -0.15) is 0 Å². The maximum atomic E-state index is 6.73. The van der Waals surface area contributed by atoms with E-state index in [4.69, 9.17) is 8.23 Å². The molecule has 0 saturated heterocycles. The standard InChI is InChI=1S/C17H36O2Si3/c1-10-15-12-13-17(14-16(15)11-2)21(6,7)19-22(8,9)18-20(3,4)5/h10-11,15-17H,1-2,12-14H2,3-9H3. The van der Waals surface area contributed by atoms with Crippen LogP contribution in [0.25, 0.3) is 0 Å². The lowest BCUT2D eigenvalue weighted by Gasteiger charge is -2.44. The predicted octanol–water partition coefficient (Wildman–Crippen LogP) is 5.92. The Labute approximate surface area is 141 Å². The molecule has 0 bridgehead atoms. The summed E-state index contributed by atoms with van der Waals surface area (Å²) in [5.41, 5.74) is 0.698. The molecule has 0 N–H and O–H groups in total. The lowest BCUT2D eigenvalue weighted by molar-refractivity contribution is 0.308. The second-order valence-electron chi connectivity index (χ2n) is 8.63. The lowest BCUT2D eigenvalue weighted by Crippen LogP contribution is -2.53. The molecular weight excluding hydrogens is 320 g/mol. The largest absolute Gasteiger partial charge is 0.437 e. The Balaban J connectivity index is 2.77. The minimum absolute atomic E-state index is 0.564. The van der Waals surface area contributed by atoms with Gasteiger partial charge in [0.2, 0.25) is 0 Å².